The molecule has 1 heterocycles. The lowest BCUT2D eigenvalue weighted by Gasteiger charge is -2.17. The van der Waals surface area contributed by atoms with Crippen LogP contribution in [0.15, 0.2) is 33.5 Å². The first-order chi connectivity index (χ1) is 18.9. The zero-order chi connectivity index (χ0) is 28.2. The van der Waals surface area contributed by atoms with Crippen LogP contribution in [0.25, 0.3) is 21.9 Å². The zero-order valence-corrected chi connectivity index (χ0v) is 25.2. The molecule has 3 aromatic rings. The number of hydrogen-bond donors (Lipinski definition) is 0. The fourth-order valence-corrected chi connectivity index (χ4v) is 4.78. The Morgan fingerprint density at radius 3 is 1.43 bits per heavy atom. The quantitative estimate of drug-likeness (QED) is 0.115. The number of fused-ring (bicyclic) bond motifs is 2. The molecule has 0 amide bonds. The first-order valence-corrected chi connectivity index (χ1v) is 14.5. The average Bonchev–Trinajstić information content (AvgIpc) is 2.95. The molecule has 0 spiro atoms. The second-order valence-electron chi connectivity index (χ2n) is 9.81. The number of ether oxygens (including phenoxy) is 2. The van der Waals surface area contributed by atoms with Crippen molar-refractivity contribution in [2.75, 3.05) is 52.5 Å². The third kappa shape index (κ3) is 8.79. The maximum atomic E-state index is 15.3. The smallest absolute Gasteiger partial charge is 0.208 e. The summed E-state index contributed by atoms with van der Waals surface area (Å²) in [5, 5.41) is 0.0979. The first kappa shape index (κ1) is 33.8. The summed E-state index contributed by atoms with van der Waals surface area (Å²) in [4.78, 5) is 17.7. The van der Waals surface area contributed by atoms with E-state index in [0.717, 1.165) is 77.8 Å². The van der Waals surface area contributed by atoms with Crippen LogP contribution in [0.1, 0.15) is 66.2 Å². The summed E-state index contributed by atoms with van der Waals surface area (Å²) in [5.41, 5.74) is -1.10. The Hall–Kier alpha value is -2.42. The van der Waals surface area contributed by atoms with E-state index in [1.165, 1.54) is 24.3 Å². The van der Waals surface area contributed by atoms with Crippen molar-refractivity contribution < 1.29 is 22.7 Å². The van der Waals surface area contributed by atoms with Gasteiger partial charge in [-0.3, -0.25) is 4.79 Å². The monoisotopic (exact) mass is 582 g/mol. The lowest BCUT2D eigenvalue weighted by molar-refractivity contribution is 0.271. The van der Waals surface area contributed by atoms with Crippen LogP contribution in [-0.4, -0.2) is 62.3 Å². The standard InChI is InChI=1S/C31H44F2N2O4.ClH/c1-5-34(6-2)19-11-9-13-21-37-25-17-15-23-29(36)24-16-18-26(28(33)31(24)39-30(23)27(25)32)38-22-14-10-12-20-35(7-3)8-4;/h15-18H,5-14,19-22H2,1-4H3;1H. The highest BCUT2D eigenvalue weighted by atomic mass is 35.5. The van der Waals surface area contributed by atoms with Gasteiger partial charge in [-0.15, -0.1) is 12.4 Å². The molecular weight excluding hydrogens is 538 g/mol. The number of nitrogens with zero attached hydrogens (tertiary/aromatic N) is 2. The van der Waals surface area contributed by atoms with Gasteiger partial charge >= 0.3 is 0 Å². The van der Waals surface area contributed by atoms with E-state index in [1.807, 2.05) is 0 Å². The molecular formula is C31H45ClF2N2O4. The summed E-state index contributed by atoms with van der Waals surface area (Å²) >= 11 is 0. The van der Waals surface area contributed by atoms with Crippen LogP contribution >= 0.6 is 12.4 Å². The fourth-order valence-electron chi connectivity index (χ4n) is 4.78. The molecule has 0 saturated carbocycles. The van der Waals surface area contributed by atoms with Gasteiger partial charge in [0.1, 0.15) is 0 Å². The third-order valence-corrected chi connectivity index (χ3v) is 7.36. The van der Waals surface area contributed by atoms with Crippen molar-refractivity contribution in [3.8, 4) is 11.5 Å². The summed E-state index contributed by atoms with van der Waals surface area (Å²) < 4.78 is 47.5. The van der Waals surface area contributed by atoms with E-state index in [9.17, 15) is 4.79 Å². The molecule has 0 aliphatic rings. The molecule has 224 valence electrons. The van der Waals surface area contributed by atoms with Crippen molar-refractivity contribution in [1.29, 1.82) is 0 Å². The van der Waals surface area contributed by atoms with Gasteiger partial charge in [0.15, 0.2) is 22.7 Å². The lowest BCUT2D eigenvalue weighted by atomic mass is 10.1. The van der Waals surface area contributed by atoms with Crippen LogP contribution in [0, 0.1) is 11.6 Å². The Balaban J connectivity index is 0.00000560. The average molecular weight is 583 g/mol. The van der Waals surface area contributed by atoms with Crippen LogP contribution < -0.4 is 14.9 Å². The lowest BCUT2D eigenvalue weighted by Crippen LogP contribution is -2.23. The maximum Gasteiger partial charge on any atom is 0.208 e. The van der Waals surface area contributed by atoms with Gasteiger partial charge in [0.25, 0.3) is 0 Å². The minimum absolute atomic E-state index is 0. The van der Waals surface area contributed by atoms with Gasteiger partial charge in [0, 0.05) is 0 Å². The van der Waals surface area contributed by atoms with Crippen molar-refractivity contribution in [2.24, 2.45) is 0 Å². The van der Waals surface area contributed by atoms with Gasteiger partial charge < -0.3 is 23.7 Å². The number of unbranched alkanes of at least 4 members (excludes halogenated alkanes) is 4. The van der Waals surface area contributed by atoms with Gasteiger partial charge in [-0.25, -0.2) is 0 Å². The van der Waals surface area contributed by atoms with Crippen molar-refractivity contribution in [3.63, 3.8) is 0 Å². The molecule has 2 aromatic carbocycles. The Labute approximate surface area is 243 Å². The second kappa shape index (κ2) is 17.4. The van der Waals surface area contributed by atoms with E-state index in [4.69, 9.17) is 13.9 Å². The highest BCUT2D eigenvalue weighted by Crippen LogP contribution is 2.31. The molecule has 0 bridgehead atoms. The van der Waals surface area contributed by atoms with Crippen LogP contribution in [0.3, 0.4) is 0 Å². The van der Waals surface area contributed by atoms with Crippen LogP contribution in [0.5, 0.6) is 11.5 Å². The molecule has 0 fully saturated rings. The molecule has 3 rings (SSSR count). The number of halogens is 3. The molecule has 1 aromatic heterocycles. The van der Waals surface area contributed by atoms with Gasteiger partial charge in [0.05, 0.1) is 24.0 Å². The van der Waals surface area contributed by atoms with Crippen molar-refractivity contribution in [3.05, 3.63) is 46.1 Å². The molecule has 0 N–H and O–H groups in total. The predicted molar refractivity (Wildman–Crippen MR) is 161 cm³/mol. The normalized spacial score (nSPS) is 11.5. The third-order valence-electron chi connectivity index (χ3n) is 7.36. The minimum atomic E-state index is -0.798. The van der Waals surface area contributed by atoms with Crippen LogP contribution in [0.2, 0.25) is 0 Å². The molecule has 0 atom stereocenters. The van der Waals surface area contributed by atoms with E-state index in [-0.39, 0.29) is 45.8 Å². The Morgan fingerprint density at radius 1 is 0.650 bits per heavy atom. The zero-order valence-electron chi connectivity index (χ0n) is 24.4. The van der Waals surface area contributed by atoms with Crippen LogP contribution in [-0.2, 0) is 0 Å². The molecule has 0 aliphatic heterocycles. The van der Waals surface area contributed by atoms with Gasteiger partial charge in [-0.05, 0) is 102 Å². The van der Waals surface area contributed by atoms with Crippen molar-refractivity contribution >= 4 is 34.3 Å². The highest BCUT2D eigenvalue weighted by molar-refractivity contribution is 5.91. The summed E-state index contributed by atoms with van der Waals surface area (Å²) in [6, 6.07) is 5.81. The molecule has 40 heavy (non-hydrogen) atoms. The Kier molecular flexibility index (Phi) is 14.7. The summed E-state index contributed by atoms with van der Waals surface area (Å²) in [6.07, 6.45) is 5.60. The largest absolute Gasteiger partial charge is 0.490 e. The number of benzene rings is 2. The summed E-state index contributed by atoms with van der Waals surface area (Å²) in [6.45, 7) is 15.5. The molecule has 9 heteroatoms. The van der Waals surface area contributed by atoms with E-state index in [2.05, 4.69) is 37.5 Å². The topological polar surface area (TPSA) is 55.1 Å². The summed E-state index contributed by atoms with van der Waals surface area (Å²) in [7, 11) is 0. The van der Waals surface area contributed by atoms with Gasteiger partial charge in [-0.1, -0.05) is 27.7 Å². The molecule has 0 saturated heterocycles. The van der Waals surface area contributed by atoms with Gasteiger partial charge in [0.2, 0.25) is 17.1 Å². The van der Waals surface area contributed by atoms with E-state index in [1.54, 1.807) is 0 Å². The van der Waals surface area contributed by atoms with Crippen LogP contribution in [0.4, 0.5) is 8.78 Å². The Bertz CT molecular complexity index is 1150. The van der Waals surface area contributed by atoms with Crippen molar-refractivity contribution in [2.45, 2.75) is 66.2 Å². The molecule has 0 aliphatic carbocycles. The highest BCUT2D eigenvalue weighted by Gasteiger charge is 2.20. The first-order valence-electron chi connectivity index (χ1n) is 14.5. The number of hydrogen-bond acceptors (Lipinski definition) is 6. The van der Waals surface area contributed by atoms with E-state index < -0.39 is 17.1 Å². The van der Waals surface area contributed by atoms with Gasteiger partial charge in [-0.2, -0.15) is 8.78 Å². The molecule has 0 unspecified atom stereocenters. The number of rotatable bonds is 18. The molecule has 0 radical (unpaired) electrons. The van der Waals surface area contributed by atoms with E-state index >= 15 is 8.78 Å². The predicted octanol–water partition coefficient (Wildman–Crippen LogP) is 7.43. The summed E-state index contributed by atoms with van der Waals surface area (Å²) in [5.74, 6) is -1.61. The Morgan fingerprint density at radius 2 is 1.05 bits per heavy atom. The van der Waals surface area contributed by atoms with Crippen molar-refractivity contribution in [1.82, 2.24) is 9.80 Å². The fraction of sp³-hybridized carbons (Fsp3) is 0.581. The second-order valence-corrected chi connectivity index (χ2v) is 9.81. The molecule has 6 nitrogen and oxygen atoms in total. The van der Waals surface area contributed by atoms with E-state index in [0.29, 0.717) is 13.2 Å². The SMILES string of the molecule is CCN(CC)CCCCCOc1ccc2c(=O)c3ccc(OCCCCCN(CC)CC)c(F)c3oc2c1F.Cl. The minimum Gasteiger partial charge on any atom is -0.490 e. The maximum absolute atomic E-state index is 15.3.